The minimum Gasteiger partial charge on any atom is -0.359 e. The fourth-order valence-corrected chi connectivity index (χ4v) is 2.35. The lowest BCUT2D eigenvalue weighted by molar-refractivity contribution is 0.249. The second-order valence-corrected chi connectivity index (χ2v) is 5.18. The molecule has 3 rings (SSSR count). The van der Waals surface area contributed by atoms with Gasteiger partial charge < -0.3 is 15.6 Å². The molecule has 0 saturated heterocycles. The van der Waals surface area contributed by atoms with Gasteiger partial charge in [0.05, 0.1) is 6.04 Å². The highest BCUT2D eigenvalue weighted by Crippen LogP contribution is 2.12. The second-order valence-electron chi connectivity index (χ2n) is 5.18. The van der Waals surface area contributed by atoms with Crippen LogP contribution in [0.3, 0.4) is 0 Å². The van der Waals surface area contributed by atoms with E-state index in [0.717, 1.165) is 11.1 Å². The number of para-hydroxylation sites is 1. The number of aromatic amines is 1. The van der Waals surface area contributed by atoms with Gasteiger partial charge in [0, 0.05) is 29.5 Å². The quantitative estimate of drug-likeness (QED) is 0.695. The Morgan fingerprint density at radius 2 is 1.91 bits per heavy atom. The van der Waals surface area contributed by atoms with Gasteiger partial charge >= 0.3 is 6.03 Å². The van der Waals surface area contributed by atoms with Crippen LogP contribution in [0.4, 0.5) is 10.5 Å². The summed E-state index contributed by atoms with van der Waals surface area (Å²) in [5, 5.41) is 5.92. The molecule has 1 atom stereocenters. The van der Waals surface area contributed by atoms with Gasteiger partial charge in [0.2, 0.25) is 5.43 Å². The Labute approximate surface area is 132 Å². The fourth-order valence-electron chi connectivity index (χ4n) is 2.35. The van der Waals surface area contributed by atoms with Gasteiger partial charge in [0.15, 0.2) is 0 Å². The number of aromatic nitrogens is 2. The lowest BCUT2D eigenvalue weighted by atomic mass is 10.1. The van der Waals surface area contributed by atoms with E-state index >= 15 is 0 Å². The summed E-state index contributed by atoms with van der Waals surface area (Å²) in [6, 6.07) is 10.2. The average Bonchev–Trinajstić information content (AvgIpc) is 2.58. The number of H-pyrrole nitrogens is 1. The van der Waals surface area contributed by atoms with Gasteiger partial charge in [-0.05, 0) is 36.8 Å². The molecule has 6 nitrogen and oxygen atoms in total. The van der Waals surface area contributed by atoms with E-state index in [1.54, 1.807) is 24.5 Å². The van der Waals surface area contributed by atoms with Gasteiger partial charge in [-0.2, -0.15) is 0 Å². The first-order valence-electron chi connectivity index (χ1n) is 7.23. The van der Waals surface area contributed by atoms with Crippen molar-refractivity contribution in [3.63, 3.8) is 0 Å². The first kappa shape index (κ1) is 14.8. The molecule has 0 saturated carbocycles. The van der Waals surface area contributed by atoms with E-state index in [0.29, 0.717) is 5.39 Å². The molecule has 1 aromatic carbocycles. The molecule has 116 valence electrons. The lowest BCUT2D eigenvalue weighted by Crippen LogP contribution is -2.32. The molecule has 3 N–H and O–H groups in total. The minimum atomic E-state index is -0.435. The molecule has 0 spiro atoms. The van der Waals surface area contributed by atoms with Crippen LogP contribution in [0.2, 0.25) is 0 Å². The number of hydrogen-bond acceptors (Lipinski definition) is 3. The van der Waals surface area contributed by atoms with Crippen molar-refractivity contribution in [2.45, 2.75) is 13.0 Å². The van der Waals surface area contributed by atoms with Gasteiger partial charge in [0.25, 0.3) is 0 Å². The summed E-state index contributed by atoms with van der Waals surface area (Å²) < 4.78 is 0. The van der Waals surface area contributed by atoms with Crippen LogP contribution in [-0.4, -0.2) is 16.0 Å². The SMILES string of the molecule is CC(NC(=O)Nc1c[nH]c2ccccc2c1=O)c1ccncc1. The Morgan fingerprint density at radius 3 is 2.70 bits per heavy atom. The van der Waals surface area contributed by atoms with E-state index in [-0.39, 0.29) is 17.2 Å². The first-order valence-corrected chi connectivity index (χ1v) is 7.23. The maximum atomic E-state index is 12.3. The average molecular weight is 308 g/mol. The molecule has 3 aromatic rings. The summed E-state index contributed by atoms with van der Waals surface area (Å²) in [7, 11) is 0. The maximum absolute atomic E-state index is 12.3. The van der Waals surface area contributed by atoms with E-state index in [1.165, 1.54) is 6.20 Å². The third kappa shape index (κ3) is 3.21. The highest BCUT2D eigenvalue weighted by Gasteiger charge is 2.11. The molecular formula is C17H16N4O2. The van der Waals surface area contributed by atoms with Crippen LogP contribution in [0.5, 0.6) is 0 Å². The third-order valence-electron chi connectivity index (χ3n) is 3.59. The molecule has 0 aliphatic heterocycles. The topological polar surface area (TPSA) is 86.9 Å². The Balaban J connectivity index is 1.76. The fraction of sp³-hybridized carbons (Fsp3) is 0.118. The number of pyridine rings is 2. The molecule has 23 heavy (non-hydrogen) atoms. The standard InChI is InChI=1S/C17H16N4O2/c1-11(12-6-8-18-9-7-12)20-17(23)21-15-10-19-14-5-3-2-4-13(14)16(15)22/h2-11H,1H3,(H,19,22)(H2,20,21,23). The molecule has 2 aromatic heterocycles. The zero-order valence-electron chi connectivity index (χ0n) is 12.5. The third-order valence-corrected chi connectivity index (χ3v) is 3.59. The minimum absolute atomic E-state index is 0.197. The van der Waals surface area contributed by atoms with Crippen LogP contribution in [0.25, 0.3) is 10.9 Å². The molecule has 2 amide bonds. The van der Waals surface area contributed by atoms with Crippen LogP contribution >= 0.6 is 0 Å². The Hall–Kier alpha value is -3.15. The first-order chi connectivity index (χ1) is 11.1. The van der Waals surface area contributed by atoms with E-state index in [1.807, 2.05) is 31.2 Å². The molecule has 0 fully saturated rings. The molecule has 2 heterocycles. The van der Waals surface area contributed by atoms with Gasteiger partial charge in [0.1, 0.15) is 5.69 Å². The molecule has 0 aliphatic rings. The van der Waals surface area contributed by atoms with Crippen LogP contribution in [0, 0.1) is 0 Å². The summed E-state index contributed by atoms with van der Waals surface area (Å²) in [4.78, 5) is 31.4. The van der Waals surface area contributed by atoms with E-state index in [2.05, 4.69) is 20.6 Å². The summed E-state index contributed by atoms with van der Waals surface area (Å²) in [6.07, 6.45) is 4.83. The lowest BCUT2D eigenvalue weighted by Gasteiger charge is -2.14. The van der Waals surface area contributed by atoms with Crippen molar-refractivity contribution >= 4 is 22.6 Å². The summed E-state index contributed by atoms with van der Waals surface area (Å²) in [5.74, 6) is 0. The molecule has 0 radical (unpaired) electrons. The second kappa shape index (κ2) is 6.31. The number of nitrogens with one attached hydrogen (secondary N) is 3. The number of amides is 2. The highest BCUT2D eigenvalue weighted by atomic mass is 16.2. The predicted molar refractivity (Wildman–Crippen MR) is 89.4 cm³/mol. The number of fused-ring (bicyclic) bond motifs is 1. The number of benzene rings is 1. The molecule has 6 heteroatoms. The monoisotopic (exact) mass is 308 g/mol. The zero-order chi connectivity index (χ0) is 16.2. The Morgan fingerprint density at radius 1 is 1.17 bits per heavy atom. The van der Waals surface area contributed by atoms with Crippen molar-refractivity contribution in [3.8, 4) is 0 Å². The largest absolute Gasteiger partial charge is 0.359 e. The Kier molecular flexibility index (Phi) is 4.05. The maximum Gasteiger partial charge on any atom is 0.319 e. The summed E-state index contributed by atoms with van der Waals surface area (Å²) >= 11 is 0. The van der Waals surface area contributed by atoms with Gasteiger partial charge in [-0.3, -0.25) is 9.78 Å². The van der Waals surface area contributed by atoms with Gasteiger partial charge in [-0.1, -0.05) is 12.1 Å². The molecule has 0 aliphatic carbocycles. The van der Waals surface area contributed by atoms with Crippen molar-refractivity contribution in [1.82, 2.24) is 15.3 Å². The van der Waals surface area contributed by atoms with E-state index in [9.17, 15) is 9.59 Å². The smallest absolute Gasteiger partial charge is 0.319 e. The van der Waals surface area contributed by atoms with Crippen LogP contribution in [-0.2, 0) is 0 Å². The van der Waals surface area contributed by atoms with Crippen LogP contribution < -0.4 is 16.1 Å². The highest BCUT2D eigenvalue weighted by molar-refractivity contribution is 5.92. The van der Waals surface area contributed by atoms with E-state index < -0.39 is 6.03 Å². The number of urea groups is 1. The number of rotatable bonds is 3. The van der Waals surface area contributed by atoms with Gasteiger partial charge in [-0.15, -0.1) is 0 Å². The number of anilines is 1. The van der Waals surface area contributed by atoms with Crippen molar-refractivity contribution in [2.24, 2.45) is 0 Å². The van der Waals surface area contributed by atoms with E-state index in [4.69, 9.17) is 0 Å². The van der Waals surface area contributed by atoms with Crippen molar-refractivity contribution < 1.29 is 4.79 Å². The zero-order valence-corrected chi connectivity index (χ0v) is 12.5. The predicted octanol–water partition coefficient (Wildman–Crippen LogP) is 2.81. The van der Waals surface area contributed by atoms with Crippen molar-refractivity contribution in [3.05, 3.63) is 70.8 Å². The van der Waals surface area contributed by atoms with Crippen molar-refractivity contribution in [1.29, 1.82) is 0 Å². The normalized spacial score (nSPS) is 11.9. The summed E-state index contributed by atoms with van der Waals surface area (Å²) in [5.41, 5.74) is 1.66. The van der Waals surface area contributed by atoms with Gasteiger partial charge in [-0.25, -0.2) is 4.79 Å². The van der Waals surface area contributed by atoms with Crippen LogP contribution in [0.15, 0.2) is 59.8 Å². The molecular weight excluding hydrogens is 292 g/mol. The van der Waals surface area contributed by atoms with Crippen LogP contribution in [0.1, 0.15) is 18.5 Å². The number of carbonyl (C=O) groups excluding carboxylic acids is 1. The van der Waals surface area contributed by atoms with Crippen molar-refractivity contribution in [2.75, 3.05) is 5.32 Å². The molecule has 1 unspecified atom stereocenters. The number of carbonyl (C=O) groups is 1. The molecule has 0 bridgehead atoms. The number of nitrogens with zero attached hydrogens (tertiary/aromatic N) is 1. The number of hydrogen-bond donors (Lipinski definition) is 3. The Bertz CT molecular complexity index is 890. The summed E-state index contributed by atoms with van der Waals surface area (Å²) in [6.45, 7) is 1.86.